The molecule has 1 saturated heterocycles. The Hall–Kier alpha value is -1.69. The molecule has 0 bridgehead atoms. The van der Waals surface area contributed by atoms with Crippen LogP contribution in [0.2, 0.25) is 0 Å². The summed E-state index contributed by atoms with van der Waals surface area (Å²) in [6.07, 6.45) is 0. The van der Waals surface area contributed by atoms with E-state index in [-0.39, 0.29) is 17.3 Å². The van der Waals surface area contributed by atoms with Crippen LogP contribution in [0, 0.1) is 12.8 Å². The summed E-state index contributed by atoms with van der Waals surface area (Å²) in [7, 11) is 0. The third-order valence-corrected chi connectivity index (χ3v) is 5.82. The van der Waals surface area contributed by atoms with Crippen LogP contribution in [0.1, 0.15) is 33.3 Å². The Balaban J connectivity index is 2.31. The maximum Gasteiger partial charge on any atom is 0.323 e. The minimum atomic E-state index is -0.635. The fourth-order valence-electron chi connectivity index (χ4n) is 2.99. The zero-order valence-electron chi connectivity index (χ0n) is 14.3. The van der Waals surface area contributed by atoms with Crippen molar-refractivity contribution in [1.82, 2.24) is 4.90 Å². The average molecular weight is 335 g/mol. The van der Waals surface area contributed by atoms with Crippen molar-refractivity contribution in [2.45, 2.75) is 50.8 Å². The first kappa shape index (κ1) is 17.7. The van der Waals surface area contributed by atoms with Crippen LogP contribution < -0.4 is 11.1 Å². The molecular formula is C17H25N3O2S. The van der Waals surface area contributed by atoms with Gasteiger partial charge in [0.25, 0.3) is 0 Å². The molecule has 0 aromatic heterocycles. The number of primary amides is 1. The first-order valence-corrected chi connectivity index (χ1v) is 8.64. The van der Waals surface area contributed by atoms with Crippen LogP contribution in [0.15, 0.2) is 24.3 Å². The van der Waals surface area contributed by atoms with E-state index in [1.807, 2.05) is 58.9 Å². The lowest BCUT2D eigenvalue weighted by molar-refractivity contribution is -0.122. The minimum absolute atomic E-state index is 0.0905. The molecule has 1 fully saturated rings. The van der Waals surface area contributed by atoms with Gasteiger partial charge in [-0.25, -0.2) is 4.79 Å². The zero-order chi connectivity index (χ0) is 17.4. The second-order valence-corrected chi connectivity index (χ2v) is 8.64. The Morgan fingerprint density at radius 2 is 2.00 bits per heavy atom. The molecular weight excluding hydrogens is 310 g/mol. The summed E-state index contributed by atoms with van der Waals surface area (Å²) in [6.45, 7) is 9.98. The summed E-state index contributed by atoms with van der Waals surface area (Å²) < 4.78 is -0.412. The van der Waals surface area contributed by atoms with Crippen molar-refractivity contribution in [3.63, 3.8) is 0 Å². The van der Waals surface area contributed by atoms with Crippen molar-refractivity contribution in [1.29, 1.82) is 0 Å². The zero-order valence-corrected chi connectivity index (χ0v) is 15.1. The Morgan fingerprint density at radius 3 is 2.52 bits per heavy atom. The van der Waals surface area contributed by atoms with Crippen LogP contribution in [0.25, 0.3) is 0 Å². The van der Waals surface area contributed by atoms with E-state index < -0.39 is 16.7 Å². The first-order chi connectivity index (χ1) is 10.6. The minimum Gasteiger partial charge on any atom is -0.368 e. The van der Waals surface area contributed by atoms with Gasteiger partial charge in [-0.05, 0) is 44.4 Å². The van der Waals surface area contributed by atoms with E-state index in [0.717, 1.165) is 11.3 Å². The maximum atomic E-state index is 12.8. The van der Waals surface area contributed by atoms with E-state index in [4.69, 9.17) is 5.73 Å². The third kappa shape index (κ3) is 3.63. The van der Waals surface area contributed by atoms with E-state index in [2.05, 4.69) is 5.32 Å². The lowest BCUT2D eigenvalue weighted by atomic mass is 10.0. The quantitative estimate of drug-likeness (QED) is 0.891. The number of rotatable bonds is 3. The number of nitrogens with two attached hydrogens (primary N) is 1. The van der Waals surface area contributed by atoms with Gasteiger partial charge >= 0.3 is 6.03 Å². The smallest absolute Gasteiger partial charge is 0.323 e. The highest BCUT2D eigenvalue weighted by Crippen LogP contribution is 2.47. The summed E-state index contributed by atoms with van der Waals surface area (Å²) >= 11 is 1.63. The molecule has 0 saturated carbocycles. The molecule has 23 heavy (non-hydrogen) atoms. The van der Waals surface area contributed by atoms with Gasteiger partial charge in [-0.1, -0.05) is 26.0 Å². The number of nitrogens with one attached hydrogen (secondary N) is 1. The number of hydrogen-bond donors (Lipinski definition) is 2. The number of thioether (sulfide) groups is 1. The molecule has 1 aromatic carbocycles. The van der Waals surface area contributed by atoms with Gasteiger partial charge in [-0.15, -0.1) is 11.8 Å². The molecule has 1 heterocycles. The number of benzene rings is 1. The predicted octanol–water partition coefficient (Wildman–Crippen LogP) is 3.19. The van der Waals surface area contributed by atoms with Crippen LogP contribution in [0.5, 0.6) is 0 Å². The largest absolute Gasteiger partial charge is 0.368 e. The van der Waals surface area contributed by atoms with Gasteiger partial charge in [0, 0.05) is 10.4 Å². The molecule has 0 aliphatic carbocycles. The Bertz CT molecular complexity index is 616. The van der Waals surface area contributed by atoms with Gasteiger partial charge in [-0.3, -0.25) is 9.69 Å². The summed E-state index contributed by atoms with van der Waals surface area (Å²) in [5.74, 6) is -0.253. The third-order valence-electron chi connectivity index (χ3n) is 3.98. The van der Waals surface area contributed by atoms with Crippen LogP contribution in [-0.4, -0.2) is 33.0 Å². The topological polar surface area (TPSA) is 75.4 Å². The van der Waals surface area contributed by atoms with Crippen molar-refractivity contribution in [2.75, 3.05) is 5.32 Å². The second-order valence-electron chi connectivity index (χ2n) is 6.87. The molecule has 0 radical (unpaired) electrons. The Kier molecular flexibility index (Phi) is 4.94. The molecule has 3 amide bonds. The molecule has 0 spiro atoms. The SMILES string of the molecule is Cc1cccc(NC(=O)N2C(C(C)C)SC(C)(C)C2C(N)=O)c1. The Labute approximate surface area is 142 Å². The van der Waals surface area contributed by atoms with Crippen LogP contribution >= 0.6 is 11.8 Å². The summed E-state index contributed by atoms with van der Waals surface area (Å²) in [5, 5.41) is 2.81. The number of anilines is 1. The predicted molar refractivity (Wildman–Crippen MR) is 95.3 cm³/mol. The van der Waals surface area contributed by atoms with E-state index >= 15 is 0 Å². The van der Waals surface area contributed by atoms with Crippen molar-refractivity contribution in [3.8, 4) is 0 Å². The molecule has 126 valence electrons. The lowest BCUT2D eigenvalue weighted by Crippen LogP contribution is -2.55. The van der Waals surface area contributed by atoms with Crippen LogP contribution in [0.4, 0.5) is 10.5 Å². The number of aryl methyl sites for hydroxylation is 1. The van der Waals surface area contributed by atoms with Gasteiger partial charge in [0.15, 0.2) is 0 Å². The molecule has 1 aliphatic heterocycles. The van der Waals surface area contributed by atoms with E-state index in [1.54, 1.807) is 16.7 Å². The lowest BCUT2D eigenvalue weighted by Gasteiger charge is -2.31. The molecule has 3 N–H and O–H groups in total. The first-order valence-electron chi connectivity index (χ1n) is 7.76. The summed E-state index contributed by atoms with van der Waals surface area (Å²) in [5.41, 5.74) is 7.39. The van der Waals surface area contributed by atoms with Crippen molar-refractivity contribution in [2.24, 2.45) is 11.7 Å². The van der Waals surface area contributed by atoms with Gasteiger partial charge in [-0.2, -0.15) is 0 Å². The molecule has 5 nitrogen and oxygen atoms in total. The number of nitrogens with zero attached hydrogens (tertiary/aromatic N) is 1. The molecule has 1 aromatic rings. The standard InChI is InChI=1S/C17H25N3O2S/c1-10(2)15-20(13(14(18)21)17(4,5)23-15)16(22)19-12-8-6-7-11(3)9-12/h6-10,13,15H,1-5H3,(H2,18,21)(H,19,22). The number of amides is 3. The van der Waals surface area contributed by atoms with Crippen LogP contribution in [-0.2, 0) is 4.79 Å². The normalized spacial score (nSPS) is 23.1. The summed E-state index contributed by atoms with van der Waals surface area (Å²) in [4.78, 5) is 26.4. The molecule has 2 rings (SSSR count). The fourth-order valence-corrected chi connectivity index (χ4v) is 4.58. The Morgan fingerprint density at radius 1 is 1.35 bits per heavy atom. The monoisotopic (exact) mass is 335 g/mol. The van der Waals surface area contributed by atoms with Gasteiger partial charge in [0.1, 0.15) is 6.04 Å². The van der Waals surface area contributed by atoms with Gasteiger partial charge in [0.2, 0.25) is 5.91 Å². The van der Waals surface area contributed by atoms with E-state index in [9.17, 15) is 9.59 Å². The number of urea groups is 1. The van der Waals surface area contributed by atoms with Crippen molar-refractivity contribution >= 4 is 29.4 Å². The second kappa shape index (κ2) is 6.43. The molecule has 6 heteroatoms. The molecule has 2 unspecified atom stereocenters. The van der Waals surface area contributed by atoms with Crippen molar-refractivity contribution < 1.29 is 9.59 Å². The highest BCUT2D eigenvalue weighted by atomic mass is 32.2. The van der Waals surface area contributed by atoms with E-state index in [1.165, 1.54) is 0 Å². The van der Waals surface area contributed by atoms with Gasteiger partial charge in [0.05, 0.1) is 5.37 Å². The van der Waals surface area contributed by atoms with Crippen LogP contribution in [0.3, 0.4) is 0 Å². The highest BCUT2D eigenvalue weighted by Gasteiger charge is 2.53. The molecule has 2 atom stereocenters. The number of carbonyl (C=O) groups excluding carboxylic acids is 2. The fraction of sp³-hybridized carbons (Fsp3) is 0.529. The highest BCUT2D eigenvalue weighted by molar-refractivity contribution is 8.01. The van der Waals surface area contributed by atoms with Crippen molar-refractivity contribution in [3.05, 3.63) is 29.8 Å². The average Bonchev–Trinajstić information content (AvgIpc) is 2.70. The molecule has 1 aliphatic rings. The number of hydrogen-bond acceptors (Lipinski definition) is 3. The number of carbonyl (C=O) groups is 2. The summed E-state index contributed by atoms with van der Waals surface area (Å²) in [6, 6.07) is 6.67. The maximum absolute atomic E-state index is 12.8. The van der Waals surface area contributed by atoms with E-state index in [0.29, 0.717) is 0 Å². The van der Waals surface area contributed by atoms with Gasteiger partial charge < -0.3 is 11.1 Å².